The Balaban J connectivity index is 2.26. The molecule has 0 amide bonds. The third-order valence-corrected chi connectivity index (χ3v) is 3.46. The van der Waals surface area contributed by atoms with E-state index in [9.17, 15) is 13.2 Å². The fourth-order valence-electron chi connectivity index (χ4n) is 2.35. The minimum Gasteiger partial charge on any atom is -0.271 e. The van der Waals surface area contributed by atoms with Crippen molar-refractivity contribution in [2.24, 2.45) is 5.84 Å². The minimum atomic E-state index is -4.33. The number of hydrogen-bond donors (Lipinski definition) is 2. The molecule has 0 spiro atoms. The Bertz CT molecular complexity index is 608. The van der Waals surface area contributed by atoms with Gasteiger partial charge in [0.15, 0.2) is 0 Å². The Morgan fingerprint density at radius 3 is 2.43 bits per heavy atom. The summed E-state index contributed by atoms with van der Waals surface area (Å²) >= 11 is 0. The highest BCUT2D eigenvalue weighted by atomic mass is 19.4. The number of benzene rings is 2. The van der Waals surface area contributed by atoms with Crippen LogP contribution in [0, 0.1) is 6.92 Å². The molecule has 0 bridgehead atoms. The molecule has 21 heavy (non-hydrogen) atoms. The van der Waals surface area contributed by atoms with Gasteiger partial charge in [0.2, 0.25) is 0 Å². The summed E-state index contributed by atoms with van der Waals surface area (Å²) in [5.41, 5.74) is 4.67. The van der Waals surface area contributed by atoms with Crippen LogP contribution in [-0.2, 0) is 12.6 Å². The molecule has 2 nitrogen and oxygen atoms in total. The molecule has 0 aliphatic rings. The van der Waals surface area contributed by atoms with Gasteiger partial charge in [-0.3, -0.25) is 11.3 Å². The lowest BCUT2D eigenvalue weighted by molar-refractivity contribution is -0.137. The van der Waals surface area contributed by atoms with E-state index < -0.39 is 11.7 Å². The summed E-state index contributed by atoms with van der Waals surface area (Å²) in [5.74, 6) is 5.57. The summed E-state index contributed by atoms with van der Waals surface area (Å²) in [4.78, 5) is 0. The third-order valence-electron chi connectivity index (χ3n) is 3.46. The van der Waals surface area contributed by atoms with Crippen LogP contribution >= 0.6 is 0 Å². The molecule has 2 aromatic carbocycles. The Morgan fingerprint density at radius 1 is 1.10 bits per heavy atom. The van der Waals surface area contributed by atoms with Crippen molar-refractivity contribution in [3.8, 4) is 0 Å². The molecule has 3 N–H and O–H groups in total. The maximum Gasteiger partial charge on any atom is 0.416 e. The molecule has 0 fully saturated rings. The Labute approximate surface area is 121 Å². The highest BCUT2D eigenvalue weighted by Gasteiger charge is 2.30. The fourth-order valence-corrected chi connectivity index (χ4v) is 2.35. The van der Waals surface area contributed by atoms with Crippen LogP contribution in [0.4, 0.5) is 13.2 Å². The van der Waals surface area contributed by atoms with Crippen LogP contribution in [0.3, 0.4) is 0 Å². The van der Waals surface area contributed by atoms with Crippen molar-refractivity contribution < 1.29 is 13.2 Å². The van der Waals surface area contributed by atoms with Gasteiger partial charge in [-0.05, 0) is 36.1 Å². The van der Waals surface area contributed by atoms with Gasteiger partial charge >= 0.3 is 6.18 Å². The van der Waals surface area contributed by atoms with E-state index in [1.807, 2.05) is 31.2 Å². The van der Waals surface area contributed by atoms with E-state index >= 15 is 0 Å². The molecule has 2 rings (SSSR count). The molecule has 0 saturated carbocycles. The fraction of sp³-hybridized carbons (Fsp3) is 0.250. The van der Waals surface area contributed by atoms with Crippen LogP contribution in [0.25, 0.3) is 0 Å². The first-order valence-electron chi connectivity index (χ1n) is 6.59. The molecule has 0 aliphatic heterocycles. The predicted molar refractivity (Wildman–Crippen MR) is 76.4 cm³/mol. The van der Waals surface area contributed by atoms with Gasteiger partial charge in [0.1, 0.15) is 0 Å². The topological polar surface area (TPSA) is 38.0 Å². The molecule has 2 aromatic rings. The molecular formula is C16H17F3N2. The van der Waals surface area contributed by atoms with Crippen LogP contribution < -0.4 is 11.3 Å². The summed E-state index contributed by atoms with van der Waals surface area (Å²) in [6, 6.07) is 12.8. The Morgan fingerprint density at radius 2 is 1.81 bits per heavy atom. The summed E-state index contributed by atoms with van der Waals surface area (Å²) in [7, 11) is 0. The molecule has 1 atom stereocenters. The van der Waals surface area contributed by atoms with Gasteiger partial charge in [0, 0.05) is 0 Å². The molecule has 112 valence electrons. The van der Waals surface area contributed by atoms with Gasteiger partial charge in [-0.1, -0.05) is 42.5 Å². The van der Waals surface area contributed by atoms with Crippen molar-refractivity contribution in [3.05, 3.63) is 70.8 Å². The van der Waals surface area contributed by atoms with Crippen LogP contribution in [0.15, 0.2) is 48.5 Å². The van der Waals surface area contributed by atoms with Crippen LogP contribution in [0.2, 0.25) is 0 Å². The monoisotopic (exact) mass is 294 g/mol. The molecule has 0 aromatic heterocycles. The first-order valence-corrected chi connectivity index (χ1v) is 6.59. The largest absolute Gasteiger partial charge is 0.416 e. The second kappa shape index (κ2) is 6.28. The van der Waals surface area contributed by atoms with Gasteiger partial charge in [0.05, 0.1) is 11.6 Å². The second-order valence-corrected chi connectivity index (χ2v) is 4.98. The first kappa shape index (κ1) is 15.5. The molecule has 5 heteroatoms. The maximum atomic E-state index is 12.7. The number of nitrogens with two attached hydrogens (primary N) is 1. The standard InChI is InChI=1S/C16H17F3N2/c1-11-5-2-3-8-14(11)15(21-20)10-12-6-4-7-13(9-12)16(17,18)19/h2-9,15,21H,10,20H2,1H3. The number of alkyl halides is 3. The van der Waals surface area contributed by atoms with Crippen molar-refractivity contribution in [2.75, 3.05) is 0 Å². The van der Waals surface area contributed by atoms with E-state index in [0.29, 0.717) is 12.0 Å². The lowest BCUT2D eigenvalue weighted by Gasteiger charge is -2.19. The quantitative estimate of drug-likeness (QED) is 0.665. The molecular weight excluding hydrogens is 277 g/mol. The van der Waals surface area contributed by atoms with Crippen LogP contribution in [0.5, 0.6) is 0 Å². The third kappa shape index (κ3) is 3.83. The molecule has 0 aliphatic carbocycles. The second-order valence-electron chi connectivity index (χ2n) is 4.98. The Kier molecular flexibility index (Phi) is 4.65. The highest BCUT2D eigenvalue weighted by molar-refractivity contribution is 5.32. The normalized spacial score (nSPS) is 13.2. The molecule has 0 heterocycles. The number of nitrogens with one attached hydrogen (secondary N) is 1. The lowest BCUT2D eigenvalue weighted by Crippen LogP contribution is -2.30. The maximum absolute atomic E-state index is 12.7. The van der Waals surface area contributed by atoms with E-state index in [4.69, 9.17) is 5.84 Å². The smallest absolute Gasteiger partial charge is 0.271 e. The van der Waals surface area contributed by atoms with Crippen molar-refractivity contribution in [2.45, 2.75) is 25.6 Å². The average Bonchev–Trinajstić information content (AvgIpc) is 2.45. The number of hydrogen-bond acceptors (Lipinski definition) is 2. The molecule has 0 saturated heterocycles. The number of aryl methyl sites for hydroxylation is 1. The van der Waals surface area contributed by atoms with E-state index in [2.05, 4.69) is 5.43 Å². The summed E-state index contributed by atoms with van der Waals surface area (Å²) in [5, 5.41) is 0. The van der Waals surface area contributed by atoms with E-state index in [0.717, 1.165) is 17.2 Å². The number of halogens is 3. The van der Waals surface area contributed by atoms with E-state index in [-0.39, 0.29) is 6.04 Å². The first-order chi connectivity index (χ1) is 9.91. The SMILES string of the molecule is Cc1ccccc1C(Cc1cccc(C(F)(F)F)c1)NN. The minimum absolute atomic E-state index is 0.227. The van der Waals surface area contributed by atoms with Gasteiger partial charge in [-0.15, -0.1) is 0 Å². The zero-order valence-electron chi connectivity index (χ0n) is 11.6. The van der Waals surface area contributed by atoms with Crippen molar-refractivity contribution >= 4 is 0 Å². The van der Waals surface area contributed by atoms with Crippen LogP contribution in [0.1, 0.15) is 28.3 Å². The summed E-state index contributed by atoms with van der Waals surface area (Å²) in [6.45, 7) is 1.95. The summed E-state index contributed by atoms with van der Waals surface area (Å²) < 4.78 is 38.2. The Hall–Kier alpha value is -1.85. The molecule has 0 radical (unpaired) electrons. The zero-order chi connectivity index (χ0) is 15.5. The molecule has 1 unspecified atom stereocenters. The average molecular weight is 294 g/mol. The van der Waals surface area contributed by atoms with Crippen molar-refractivity contribution in [3.63, 3.8) is 0 Å². The lowest BCUT2D eigenvalue weighted by atomic mass is 9.95. The summed E-state index contributed by atoms with van der Waals surface area (Å²) in [6.07, 6.45) is -3.93. The predicted octanol–water partition coefficient (Wildman–Crippen LogP) is 3.76. The van der Waals surface area contributed by atoms with E-state index in [1.165, 1.54) is 12.1 Å². The van der Waals surface area contributed by atoms with Gasteiger partial charge in [0.25, 0.3) is 0 Å². The van der Waals surface area contributed by atoms with Gasteiger partial charge in [-0.25, -0.2) is 0 Å². The zero-order valence-corrected chi connectivity index (χ0v) is 11.6. The number of rotatable bonds is 4. The van der Waals surface area contributed by atoms with Crippen LogP contribution in [-0.4, -0.2) is 0 Å². The van der Waals surface area contributed by atoms with Gasteiger partial charge in [-0.2, -0.15) is 13.2 Å². The van der Waals surface area contributed by atoms with E-state index in [1.54, 1.807) is 6.07 Å². The van der Waals surface area contributed by atoms with Crippen molar-refractivity contribution in [1.29, 1.82) is 0 Å². The number of hydrazine groups is 1. The van der Waals surface area contributed by atoms with Gasteiger partial charge < -0.3 is 0 Å². The van der Waals surface area contributed by atoms with Crippen molar-refractivity contribution in [1.82, 2.24) is 5.43 Å². The highest BCUT2D eigenvalue weighted by Crippen LogP contribution is 2.30.